The van der Waals surface area contributed by atoms with Crippen molar-refractivity contribution in [1.82, 2.24) is 0 Å². The van der Waals surface area contributed by atoms with E-state index in [9.17, 15) is 0 Å². The fraction of sp³-hybridized carbons (Fsp3) is 1.00. The molecule has 0 saturated heterocycles. The summed E-state index contributed by atoms with van der Waals surface area (Å²) in [5.41, 5.74) is 0. The van der Waals surface area contributed by atoms with Crippen LogP contribution in [0, 0.1) is 23.7 Å². The molecule has 0 aliphatic carbocycles. The maximum Gasteiger partial charge on any atom is -0.0417 e. The molecule has 0 aromatic rings. The summed E-state index contributed by atoms with van der Waals surface area (Å²) < 4.78 is 0. The molecular weight excluding hydrogens is 204 g/mol. The predicted octanol–water partition coefficient (Wildman–Crippen LogP) is 6.30. The smallest absolute Gasteiger partial charge is 0.0417 e. The van der Waals surface area contributed by atoms with E-state index in [1.54, 1.807) is 0 Å². The lowest BCUT2D eigenvalue weighted by atomic mass is 9.86. The van der Waals surface area contributed by atoms with Gasteiger partial charge in [-0.05, 0) is 23.7 Å². The Bertz CT molecular complexity index is 159. The van der Waals surface area contributed by atoms with E-state index in [1.807, 2.05) is 0 Å². The van der Waals surface area contributed by atoms with Crippen molar-refractivity contribution < 1.29 is 0 Å². The van der Waals surface area contributed by atoms with Crippen LogP contribution in [0.15, 0.2) is 0 Å². The molecule has 0 heterocycles. The van der Waals surface area contributed by atoms with Gasteiger partial charge in [0, 0.05) is 0 Å². The topological polar surface area (TPSA) is 0 Å². The van der Waals surface area contributed by atoms with Crippen molar-refractivity contribution in [2.45, 2.75) is 86.5 Å². The molecule has 104 valence electrons. The summed E-state index contributed by atoms with van der Waals surface area (Å²) in [6.07, 6.45) is 9.96. The van der Waals surface area contributed by atoms with Gasteiger partial charge in [0.1, 0.15) is 0 Å². The first kappa shape index (κ1) is 17.0. The van der Waals surface area contributed by atoms with Crippen LogP contribution in [-0.4, -0.2) is 0 Å². The van der Waals surface area contributed by atoms with E-state index < -0.39 is 0 Å². The minimum atomic E-state index is 0.854. The summed E-state index contributed by atoms with van der Waals surface area (Å²) in [6.45, 7) is 14.2. The molecule has 17 heavy (non-hydrogen) atoms. The van der Waals surface area contributed by atoms with Crippen molar-refractivity contribution in [2.24, 2.45) is 23.7 Å². The fourth-order valence-electron chi connectivity index (χ4n) is 2.34. The fourth-order valence-corrected chi connectivity index (χ4v) is 2.34. The highest BCUT2D eigenvalue weighted by Gasteiger charge is 2.12. The van der Waals surface area contributed by atoms with Crippen molar-refractivity contribution in [3.63, 3.8) is 0 Å². The second-order valence-corrected chi connectivity index (χ2v) is 6.52. The summed E-state index contributed by atoms with van der Waals surface area (Å²) in [6, 6.07) is 0. The van der Waals surface area contributed by atoms with Crippen molar-refractivity contribution in [3.05, 3.63) is 0 Å². The van der Waals surface area contributed by atoms with E-state index in [-0.39, 0.29) is 0 Å². The highest BCUT2D eigenvalue weighted by molar-refractivity contribution is 4.64. The van der Waals surface area contributed by atoms with E-state index in [1.165, 1.54) is 44.9 Å². The summed E-state index contributed by atoms with van der Waals surface area (Å²) in [7, 11) is 0. The number of hydrogen-bond donors (Lipinski definition) is 0. The van der Waals surface area contributed by atoms with Gasteiger partial charge in [0.25, 0.3) is 0 Å². The normalized spacial score (nSPS) is 17.1. The quantitative estimate of drug-likeness (QED) is 0.420. The molecule has 0 aliphatic heterocycles. The van der Waals surface area contributed by atoms with Gasteiger partial charge in [-0.15, -0.1) is 0 Å². The van der Waals surface area contributed by atoms with Gasteiger partial charge in [0.2, 0.25) is 0 Å². The Hall–Kier alpha value is 0. The Labute approximate surface area is 111 Å². The molecule has 0 radical (unpaired) electrons. The SMILES string of the molecule is CCC(C)CCCC(CC)CCC(C)C(C)C. The molecule has 0 saturated carbocycles. The minimum absolute atomic E-state index is 0.854. The van der Waals surface area contributed by atoms with E-state index in [0.29, 0.717) is 0 Å². The summed E-state index contributed by atoms with van der Waals surface area (Å²) in [4.78, 5) is 0. The van der Waals surface area contributed by atoms with Crippen LogP contribution >= 0.6 is 0 Å². The van der Waals surface area contributed by atoms with E-state index >= 15 is 0 Å². The van der Waals surface area contributed by atoms with E-state index in [0.717, 1.165) is 23.7 Å². The molecular formula is C17H36. The summed E-state index contributed by atoms with van der Waals surface area (Å²) >= 11 is 0. The van der Waals surface area contributed by atoms with Crippen molar-refractivity contribution in [2.75, 3.05) is 0 Å². The maximum absolute atomic E-state index is 2.41. The first-order chi connectivity index (χ1) is 8.01. The molecule has 0 aliphatic rings. The molecule has 0 spiro atoms. The lowest BCUT2D eigenvalue weighted by Gasteiger charge is -2.20. The summed E-state index contributed by atoms with van der Waals surface area (Å²) in [5, 5.41) is 0. The van der Waals surface area contributed by atoms with Crippen molar-refractivity contribution >= 4 is 0 Å². The Balaban J connectivity index is 3.69. The molecule has 3 atom stereocenters. The zero-order chi connectivity index (χ0) is 13.3. The van der Waals surface area contributed by atoms with Crippen LogP contribution in [0.1, 0.15) is 86.5 Å². The lowest BCUT2D eigenvalue weighted by Crippen LogP contribution is -2.08. The Morgan fingerprint density at radius 1 is 0.706 bits per heavy atom. The van der Waals surface area contributed by atoms with Gasteiger partial charge in [-0.3, -0.25) is 0 Å². The lowest BCUT2D eigenvalue weighted by molar-refractivity contribution is 0.317. The zero-order valence-corrected chi connectivity index (χ0v) is 13.3. The molecule has 0 aromatic carbocycles. The third kappa shape index (κ3) is 8.69. The second-order valence-electron chi connectivity index (χ2n) is 6.52. The molecule has 0 bridgehead atoms. The van der Waals surface area contributed by atoms with Crippen LogP contribution in [-0.2, 0) is 0 Å². The maximum atomic E-state index is 2.41. The highest BCUT2D eigenvalue weighted by Crippen LogP contribution is 2.25. The summed E-state index contributed by atoms with van der Waals surface area (Å²) in [5.74, 6) is 3.67. The molecule has 0 amide bonds. The first-order valence-corrected chi connectivity index (χ1v) is 8.01. The zero-order valence-electron chi connectivity index (χ0n) is 13.3. The van der Waals surface area contributed by atoms with E-state index in [2.05, 4.69) is 41.5 Å². The third-order valence-corrected chi connectivity index (χ3v) is 4.75. The van der Waals surface area contributed by atoms with Gasteiger partial charge in [-0.1, -0.05) is 86.5 Å². The molecule has 0 rings (SSSR count). The molecule has 0 heteroatoms. The van der Waals surface area contributed by atoms with Crippen molar-refractivity contribution in [1.29, 1.82) is 0 Å². The molecule has 3 unspecified atom stereocenters. The van der Waals surface area contributed by atoms with Crippen LogP contribution in [0.5, 0.6) is 0 Å². The minimum Gasteiger partial charge on any atom is -0.0651 e. The van der Waals surface area contributed by atoms with Crippen LogP contribution in [0.2, 0.25) is 0 Å². The van der Waals surface area contributed by atoms with Gasteiger partial charge in [0.05, 0.1) is 0 Å². The first-order valence-electron chi connectivity index (χ1n) is 8.01. The average molecular weight is 240 g/mol. The average Bonchev–Trinajstić information content (AvgIpc) is 2.32. The highest BCUT2D eigenvalue weighted by atomic mass is 14.2. The monoisotopic (exact) mass is 240 g/mol. The van der Waals surface area contributed by atoms with Gasteiger partial charge in [-0.25, -0.2) is 0 Å². The molecule has 0 N–H and O–H groups in total. The van der Waals surface area contributed by atoms with Crippen LogP contribution in [0.25, 0.3) is 0 Å². The number of rotatable bonds is 10. The van der Waals surface area contributed by atoms with E-state index in [4.69, 9.17) is 0 Å². The van der Waals surface area contributed by atoms with Crippen LogP contribution < -0.4 is 0 Å². The van der Waals surface area contributed by atoms with Crippen LogP contribution in [0.3, 0.4) is 0 Å². The predicted molar refractivity (Wildman–Crippen MR) is 80.3 cm³/mol. The second kappa shape index (κ2) is 9.97. The molecule has 0 fully saturated rings. The van der Waals surface area contributed by atoms with Gasteiger partial charge in [0.15, 0.2) is 0 Å². The Morgan fingerprint density at radius 3 is 1.82 bits per heavy atom. The third-order valence-electron chi connectivity index (χ3n) is 4.75. The largest absolute Gasteiger partial charge is 0.0651 e. The Morgan fingerprint density at radius 2 is 1.35 bits per heavy atom. The molecule has 0 aromatic heterocycles. The van der Waals surface area contributed by atoms with Gasteiger partial charge >= 0.3 is 0 Å². The number of hydrogen-bond acceptors (Lipinski definition) is 0. The van der Waals surface area contributed by atoms with Gasteiger partial charge < -0.3 is 0 Å². The van der Waals surface area contributed by atoms with Gasteiger partial charge in [-0.2, -0.15) is 0 Å². The molecule has 0 nitrogen and oxygen atoms in total. The van der Waals surface area contributed by atoms with Crippen LogP contribution in [0.4, 0.5) is 0 Å². The van der Waals surface area contributed by atoms with Crippen molar-refractivity contribution in [3.8, 4) is 0 Å². The standard InChI is InChI=1S/C17H36/c1-7-15(5)10-9-11-17(8-2)13-12-16(6)14(3)4/h14-17H,7-13H2,1-6H3. The Kier molecular flexibility index (Phi) is 9.97.